The Hall–Kier alpha value is -1.07. The molecule has 0 saturated carbocycles. The fourth-order valence-electron chi connectivity index (χ4n) is 3.83. The summed E-state index contributed by atoms with van der Waals surface area (Å²) in [5.74, 6) is 4.64. The van der Waals surface area contributed by atoms with Crippen LogP contribution in [0, 0.1) is 5.92 Å². The standard InChI is InChI=1S/C17H24N4S/c1-20-9-3-5-15(20)17-19-14-4-2-8-18-16(14)21(17)12-13-6-10-22-11-7-13/h2,4,8,13,15H,3,5-7,9-12H2,1H3. The zero-order chi connectivity index (χ0) is 14.9. The molecule has 0 N–H and O–H groups in total. The molecule has 0 amide bonds. The van der Waals surface area contributed by atoms with Gasteiger partial charge in [-0.1, -0.05) is 0 Å². The molecule has 0 aliphatic carbocycles. The molecule has 4 heterocycles. The quantitative estimate of drug-likeness (QED) is 0.870. The number of imidazole rings is 1. The summed E-state index contributed by atoms with van der Waals surface area (Å²) in [7, 11) is 2.23. The molecule has 0 aromatic carbocycles. The van der Waals surface area contributed by atoms with E-state index < -0.39 is 0 Å². The second kappa shape index (κ2) is 6.20. The van der Waals surface area contributed by atoms with Crippen molar-refractivity contribution in [3.05, 3.63) is 24.2 Å². The minimum atomic E-state index is 0.465. The maximum atomic E-state index is 4.96. The summed E-state index contributed by atoms with van der Waals surface area (Å²) in [4.78, 5) is 12.1. The first-order chi connectivity index (χ1) is 10.8. The van der Waals surface area contributed by atoms with Crippen molar-refractivity contribution < 1.29 is 0 Å². The van der Waals surface area contributed by atoms with Gasteiger partial charge in [-0.2, -0.15) is 11.8 Å². The molecule has 4 nitrogen and oxygen atoms in total. The summed E-state index contributed by atoms with van der Waals surface area (Å²) in [5.41, 5.74) is 2.14. The van der Waals surface area contributed by atoms with E-state index >= 15 is 0 Å². The van der Waals surface area contributed by atoms with Gasteiger partial charge in [0.05, 0.1) is 6.04 Å². The summed E-state index contributed by atoms with van der Waals surface area (Å²) in [6, 6.07) is 4.57. The van der Waals surface area contributed by atoms with Crippen LogP contribution in [0.2, 0.25) is 0 Å². The summed E-state index contributed by atoms with van der Waals surface area (Å²) in [5, 5.41) is 0. The van der Waals surface area contributed by atoms with E-state index in [9.17, 15) is 0 Å². The van der Waals surface area contributed by atoms with E-state index in [-0.39, 0.29) is 0 Å². The van der Waals surface area contributed by atoms with Crippen molar-refractivity contribution in [2.75, 3.05) is 25.1 Å². The van der Waals surface area contributed by atoms with Gasteiger partial charge in [-0.3, -0.25) is 4.90 Å². The average molecular weight is 316 g/mol. The second-order valence-corrected chi connectivity index (χ2v) is 7.85. The molecule has 0 radical (unpaired) electrons. The molecule has 0 spiro atoms. The zero-order valence-corrected chi connectivity index (χ0v) is 14.1. The van der Waals surface area contributed by atoms with Crippen molar-refractivity contribution in [2.45, 2.75) is 38.3 Å². The molecule has 118 valence electrons. The van der Waals surface area contributed by atoms with Crippen molar-refractivity contribution in [3.63, 3.8) is 0 Å². The number of thioether (sulfide) groups is 1. The second-order valence-electron chi connectivity index (χ2n) is 6.62. The molecule has 2 saturated heterocycles. The molecular formula is C17H24N4S. The number of hydrogen-bond acceptors (Lipinski definition) is 4. The highest BCUT2D eigenvalue weighted by Gasteiger charge is 2.29. The maximum absolute atomic E-state index is 4.96. The van der Waals surface area contributed by atoms with Crippen LogP contribution in [-0.2, 0) is 6.54 Å². The third kappa shape index (κ3) is 2.65. The highest BCUT2D eigenvalue weighted by Crippen LogP contribution is 2.33. The Morgan fingerprint density at radius 3 is 2.91 bits per heavy atom. The molecule has 1 unspecified atom stereocenters. The minimum Gasteiger partial charge on any atom is -0.311 e. The molecule has 4 rings (SSSR count). The van der Waals surface area contributed by atoms with Crippen molar-refractivity contribution in [3.8, 4) is 0 Å². The Labute approximate surface area is 136 Å². The molecule has 2 aliphatic heterocycles. The number of fused-ring (bicyclic) bond motifs is 1. The normalized spacial score (nSPS) is 24.3. The van der Waals surface area contributed by atoms with E-state index in [1.54, 1.807) is 0 Å². The number of nitrogens with zero attached hydrogens (tertiary/aromatic N) is 4. The van der Waals surface area contributed by atoms with Crippen molar-refractivity contribution >= 4 is 22.9 Å². The number of aromatic nitrogens is 3. The molecule has 2 aromatic heterocycles. The Morgan fingerprint density at radius 1 is 1.27 bits per heavy atom. The van der Waals surface area contributed by atoms with Gasteiger partial charge in [-0.05, 0) is 68.8 Å². The summed E-state index contributed by atoms with van der Waals surface area (Å²) >= 11 is 2.10. The lowest BCUT2D eigenvalue weighted by Crippen LogP contribution is -2.24. The van der Waals surface area contributed by atoms with Crippen LogP contribution in [0.25, 0.3) is 11.2 Å². The van der Waals surface area contributed by atoms with Crippen LogP contribution in [-0.4, -0.2) is 44.5 Å². The van der Waals surface area contributed by atoms with Crippen LogP contribution in [0.4, 0.5) is 0 Å². The van der Waals surface area contributed by atoms with Crippen LogP contribution in [0.1, 0.15) is 37.5 Å². The minimum absolute atomic E-state index is 0.465. The van der Waals surface area contributed by atoms with Crippen LogP contribution in [0.5, 0.6) is 0 Å². The lowest BCUT2D eigenvalue weighted by molar-refractivity contribution is 0.292. The lowest BCUT2D eigenvalue weighted by Gasteiger charge is -2.25. The van der Waals surface area contributed by atoms with Crippen LogP contribution >= 0.6 is 11.8 Å². The van der Waals surface area contributed by atoms with Crippen LogP contribution in [0.3, 0.4) is 0 Å². The zero-order valence-electron chi connectivity index (χ0n) is 13.2. The molecule has 1 atom stereocenters. The Bertz CT molecular complexity index is 647. The number of hydrogen-bond donors (Lipinski definition) is 0. The Kier molecular flexibility index (Phi) is 4.09. The average Bonchev–Trinajstić information content (AvgIpc) is 3.12. The van der Waals surface area contributed by atoms with Crippen LogP contribution in [0.15, 0.2) is 18.3 Å². The van der Waals surface area contributed by atoms with Gasteiger partial charge in [0.25, 0.3) is 0 Å². The Balaban J connectivity index is 1.72. The fourth-order valence-corrected chi connectivity index (χ4v) is 5.04. The monoisotopic (exact) mass is 316 g/mol. The Morgan fingerprint density at radius 2 is 2.14 bits per heavy atom. The summed E-state index contributed by atoms with van der Waals surface area (Å²) in [6.45, 7) is 2.27. The van der Waals surface area contributed by atoms with Gasteiger partial charge in [0.2, 0.25) is 0 Å². The highest BCUT2D eigenvalue weighted by atomic mass is 32.2. The molecular weight excluding hydrogens is 292 g/mol. The topological polar surface area (TPSA) is 34.0 Å². The van der Waals surface area contributed by atoms with Gasteiger partial charge in [-0.15, -0.1) is 0 Å². The summed E-state index contributed by atoms with van der Waals surface area (Å²) < 4.78 is 2.43. The SMILES string of the molecule is CN1CCCC1c1nc2cccnc2n1CC1CCSCC1. The van der Waals surface area contributed by atoms with Gasteiger partial charge in [0, 0.05) is 12.7 Å². The largest absolute Gasteiger partial charge is 0.311 e. The van der Waals surface area contributed by atoms with Gasteiger partial charge in [-0.25, -0.2) is 9.97 Å². The highest BCUT2D eigenvalue weighted by molar-refractivity contribution is 7.99. The molecule has 2 aliphatic rings. The lowest BCUT2D eigenvalue weighted by atomic mass is 10.0. The molecule has 5 heteroatoms. The number of pyridine rings is 1. The van der Waals surface area contributed by atoms with E-state index in [1.807, 2.05) is 12.3 Å². The first-order valence-electron chi connectivity index (χ1n) is 8.42. The summed E-state index contributed by atoms with van der Waals surface area (Å²) in [6.07, 6.45) is 7.06. The predicted molar refractivity (Wildman–Crippen MR) is 92.2 cm³/mol. The van der Waals surface area contributed by atoms with E-state index in [1.165, 1.54) is 49.6 Å². The van der Waals surface area contributed by atoms with Gasteiger partial charge < -0.3 is 4.57 Å². The molecule has 2 fully saturated rings. The molecule has 0 bridgehead atoms. The van der Waals surface area contributed by atoms with Gasteiger partial charge in [0.15, 0.2) is 5.65 Å². The first-order valence-corrected chi connectivity index (χ1v) is 9.57. The molecule has 2 aromatic rings. The van der Waals surface area contributed by atoms with Crippen molar-refractivity contribution in [2.24, 2.45) is 5.92 Å². The van der Waals surface area contributed by atoms with Crippen molar-refractivity contribution in [1.82, 2.24) is 19.4 Å². The molecule has 22 heavy (non-hydrogen) atoms. The predicted octanol–water partition coefficient (Wildman–Crippen LogP) is 3.34. The van der Waals surface area contributed by atoms with E-state index in [2.05, 4.69) is 39.3 Å². The van der Waals surface area contributed by atoms with E-state index in [4.69, 9.17) is 4.98 Å². The van der Waals surface area contributed by atoms with Crippen LogP contribution < -0.4 is 0 Å². The van der Waals surface area contributed by atoms with Gasteiger partial charge >= 0.3 is 0 Å². The van der Waals surface area contributed by atoms with E-state index in [0.29, 0.717) is 6.04 Å². The first kappa shape index (κ1) is 14.5. The van der Waals surface area contributed by atoms with E-state index in [0.717, 1.165) is 23.6 Å². The fraction of sp³-hybridized carbons (Fsp3) is 0.647. The smallest absolute Gasteiger partial charge is 0.160 e. The third-order valence-electron chi connectivity index (χ3n) is 5.13. The number of likely N-dealkylation sites (tertiary alicyclic amines) is 1. The third-order valence-corrected chi connectivity index (χ3v) is 6.18. The number of rotatable bonds is 3. The van der Waals surface area contributed by atoms with Crippen molar-refractivity contribution in [1.29, 1.82) is 0 Å². The maximum Gasteiger partial charge on any atom is 0.160 e. The van der Waals surface area contributed by atoms with Gasteiger partial charge in [0.1, 0.15) is 11.3 Å².